The molecule has 0 saturated carbocycles. The van der Waals surface area contributed by atoms with E-state index in [0.29, 0.717) is 15.8 Å². The van der Waals surface area contributed by atoms with E-state index < -0.39 is 4.92 Å². The fraction of sp³-hybridized carbons (Fsp3) is 0. The minimum Gasteiger partial charge on any atom is -0.499 e. The molecule has 1 aromatic heterocycles. The normalized spacial score (nSPS) is 10.6. The number of nitro benzene ring substituents is 1. The van der Waals surface area contributed by atoms with Crippen molar-refractivity contribution in [1.82, 2.24) is 0 Å². The number of fused-ring (bicyclic) bond motifs is 1. The highest BCUT2D eigenvalue weighted by Gasteiger charge is 2.12. The van der Waals surface area contributed by atoms with Gasteiger partial charge in [-0.1, -0.05) is 11.3 Å². The highest BCUT2D eigenvalue weighted by molar-refractivity contribution is 7.20. The maximum Gasteiger partial charge on any atom is 0.272 e. The highest BCUT2D eigenvalue weighted by atomic mass is 32.1. The Morgan fingerprint density at radius 1 is 1.43 bits per heavy atom. The standard InChI is InChI=1S/C8H6N2O3S/c9-6-1-4(10(12)13)2-7-5(6)3-8(11)14-7/h1-3,11H,9H2. The van der Waals surface area contributed by atoms with Gasteiger partial charge in [0.1, 0.15) is 0 Å². The number of nitrogens with two attached hydrogens (primary N) is 1. The van der Waals surface area contributed by atoms with Crippen LogP contribution in [-0.4, -0.2) is 10.0 Å². The zero-order valence-corrected chi connectivity index (χ0v) is 7.75. The maximum absolute atomic E-state index is 10.5. The van der Waals surface area contributed by atoms with Gasteiger partial charge in [-0.15, -0.1) is 0 Å². The SMILES string of the molecule is Nc1cc([N+](=O)[O-])cc2sc(O)cc12. The summed E-state index contributed by atoms with van der Waals surface area (Å²) in [5.74, 6) is 0. The summed E-state index contributed by atoms with van der Waals surface area (Å²) in [4.78, 5) is 9.99. The second-order valence-electron chi connectivity index (χ2n) is 2.79. The molecule has 14 heavy (non-hydrogen) atoms. The van der Waals surface area contributed by atoms with Crippen LogP contribution in [0.3, 0.4) is 0 Å². The predicted octanol–water partition coefficient (Wildman–Crippen LogP) is 2.10. The quantitative estimate of drug-likeness (QED) is 0.428. The summed E-state index contributed by atoms with van der Waals surface area (Å²) in [5, 5.41) is 20.5. The Morgan fingerprint density at radius 3 is 2.79 bits per heavy atom. The van der Waals surface area contributed by atoms with E-state index in [4.69, 9.17) is 5.73 Å². The van der Waals surface area contributed by atoms with Gasteiger partial charge in [-0.3, -0.25) is 10.1 Å². The molecule has 0 spiro atoms. The van der Waals surface area contributed by atoms with Gasteiger partial charge < -0.3 is 10.8 Å². The molecule has 6 heteroatoms. The van der Waals surface area contributed by atoms with Crippen molar-refractivity contribution in [2.75, 3.05) is 5.73 Å². The zero-order valence-electron chi connectivity index (χ0n) is 6.93. The van der Waals surface area contributed by atoms with E-state index in [-0.39, 0.29) is 10.8 Å². The molecule has 0 aliphatic rings. The molecule has 5 nitrogen and oxygen atoms in total. The van der Waals surface area contributed by atoms with Gasteiger partial charge in [-0.2, -0.15) is 0 Å². The summed E-state index contributed by atoms with van der Waals surface area (Å²) in [6.45, 7) is 0. The molecule has 2 rings (SSSR count). The summed E-state index contributed by atoms with van der Waals surface area (Å²) in [6.07, 6.45) is 0. The van der Waals surface area contributed by atoms with Gasteiger partial charge in [0.2, 0.25) is 0 Å². The highest BCUT2D eigenvalue weighted by Crippen LogP contribution is 2.36. The minimum atomic E-state index is -0.507. The fourth-order valence-electron chi connectivity index (χ4n) is 1.24. The van der Waals surface area contributed by atoms with Gasteiger partial charge in [-0.05, 0) is 0 Å². The van der Waals surface area contributed by atoms with Crippen molar-refractivity contribution in [2.45, 2.75) is 0 Å². The van der Waals surface area contributed by atoms with Crippen LogP contribution in [-0.2, 0) is 0 Å². The van der Waals surface area contributed by atoms with Crippen LogP contribution in [0.15, 0.2) is 18.2 Å². The summed E-state index contributed by atoms with van der Waals surface area (Å²) < 4.78 is 0.620. The van der Waals surface area contributed by atoms with Crippen LogP contribution in [0.25, 0.3) is 10.1 Å². The number of nitrogen functional groups attached to an aromatic ring is 1. The van der Waals surface area contributed by atoms with E-state index in [1.807, 2.05) is 0 Å². The summed E-state index contributed by atoms with van der Waals surface area (Å²) >= 11 is 1.07. The molecule has 0 aliphatic carbocycles. The summed E-state index contributed by atoms with van der Waals surface area (Å²) in [7, 11) is 0. The van der Waals surface area contributed by atoms with E-state index in [0.717, 1.165) is 11.3 Å². The van der Waals surface area contributed by atoms with Crippen LogP contribution in [0.2, 0.25) is 0 Å². The molecule has 2 aromatic rings. The lowest BCUT2D eigenvalue weighted by Gasteiger charge is -1.95. The number of aromatic hydroxyl groups is 1. The molecule has 0 amide bonds. The van der Waals surface area contributed by atoms with E-state index in [1.54, 1.807) is 0 Å². The first-order valence-corrected chi connectivity index (χ1v) is 4.56. The average molecular weight is 210 g/mol. The van der Waals surface area contributed by atoms with Crippen LogP contribution in [0, 0.1) is 10.1 Å². The largest absolute Gasteiger partial charge is 0.499 e. The van der Waals surface area contributed by atoms with Gasteiger partial charge in [0.05, 0.1) is 4.92 Å². The molecule has 3 N–H and O–H groups in total. The molecule has 0 saturated heterocycles. The minimum absolute atomic E-state index is 0.0585. The summed E-state index contributed by atoms with van der Waals surface area (Å²) in [5.41, 5.74) is 5.85. The topological polar surface area (TPSA) is 89.4 Å². The van der Waals surface area contributed by atoms with Crippen molar-refractivity contribution in [3.8, 4) is 5.06 Å². The van der Waals surface area contributed by atoms with Crippen LogP contribution in [0.5, 0.6) is 5.06 Å². The van der Waals surface area contributed by atoms with Gasteiger partial charge in [0.15, 0.2) is 5.06 Å². The lowest BCUT2D eigenvalue weighted by Crippen LogP contribution is -1.91. The maximum atomic E-state index is 10.5. The Morgan fingerprint density at radius 2 is 2.14 bits per heavy atom. The van der Waals surface area contributed by atoms with Gasteiger partial charge in [0.25, 0.3) is 5.69 Å². The lowest BCUT2D eigenvalue weighted by molar-refractivity contribution is -0.384. The molecule has 0 unspecified atom stereocenters. The molecular weight excluding hydrogens is 204 g/mol. The fourth-order valence-corrected chi connectivity index (χ4v) is 2.11. The van der Waals surface area contributed by atoms with E-state index in [9.17, 15) is 15.2 Å². The summed E-state index contributed by atoms with van der Waals surface area (Å²) in [6, 6.07) is 4.18. The van der Waals surface area contributed by atoms with Crippen molar-refractivity contribution in [3.63, 3.8) is 0 Å². The number of nitro groups is 1. The number of rotatable bonds is 1. The smallest absolute Gasteiger partial charge is 0.272 e. The number of hydrogen-bond donors (Lipinski definition) is 2. The van der Waals surface area contributed by atoms with E-state index in [2.05, 4.69) is 0 Å². The van der Waals surface area contributed by atoms with Gasteiger partial charge >= 0.3 is 0 Å². The average Bonchev–Trinajstić information content (AvgIpc) is 2.45. The van der Waals surface area contributed by atoms with Crippen LogP contribution in [0.4, 0.5) is 11.4 Å². The number of non-ortho nitro benzene ring substituents is 1. The van der Waals surface area contributed by atoms with E-state index in [1.165, 1.54) is 18.2 Å². The Kier molecular flexibility index (Phi) is 1.78. The second kappa shape index (κ2) is 2.85. The Hall–Kier alpha value is -1.82. The third-order valence-corrected chi connectivity index (χ3v) is 2.74. The molecule has 0 bridgehead atoms. The second-order valence-corrected chi connectivity index (χ2v) is 3.85. The number of anilines is 1. The van der Waals surface area contributed by atoms with Crippen molar-refractivity contribution < 1.29 is 10.0 Å². The third-order valence-electron chi connectivity index (χ3n) is 1.85. The van der Waals surface area contributed by atoms with E-state index >= 15 is 0 Å². The molecule has 72 valence electrons. The van der Waals surface area contributed by atoms with Crippen molar-refractivity contribution in [3.05, 3.63) is 28.3 Å². The number of hydrogen-bond acceptors (Lipinski definition) is 5. The Balaban J connectivity index is 2.77. The number of thiophene rings is 1. The van der Waals surface area contributed by atoms with Gasteiger partial charge in [0, 0.05) is 34.0 Å². The van der Waals surface area contributed by atoms with Crippen LogP contribution in [0.1, 0.15) is 0 Å². The molecule has 0 fully saturated rings. The van der Waals surface area contributed by atoms with Crippen molar-refractivity contribution >= 4 is 32.8 Å². The molecule has 0 aliphatic heterocycles. The monoisotopic (exact) mass is 210 g/mol. The first-order chi connectivity index (χ1) is 6.58. The Labute approximate surface area is 82.5 Å². The van der Waals surface area contributed by atoms with Crippen LogP contribution < -0.4 is 5.73 Å². The van der Waals surface area contributed by atoms with Crippen molar-refractivity contribution in [2.24, 2.45) is 0 Å². The molecule has 0 atom stereocenters. The molecule has 1 aromatic carbocycles. The lowest BCUT2D eigenvalue weighted by atomic mass is 10.2. The predicted molar refractivity (Wildman–Crippen MR) is 54.6 cm³/mol. The number of benzene rings is 1. The number of nitrogens with zero attached hydrogens (tertiary/aromatic N) is 1. The molecular formula is C8H6N2O3S. The van der Waals surface area contributed by atoms with Crippen LogP contribution >= 0.6 is 11.3 Å². The first kappa shape index (κ1) is 8.76. The molecule has 0 radical (unpaired) electrons. The first-order valence-electron chi connectivity index (χ1n) is 3.74. The van der Waals surface area contributed by atoms with Gasteiger partial charge in [-0.25, -0.2) is 0 Å². The van der Waals surface area contributed by atoms with Crippen molar-refractivity contribution in [1.29, 1.82) is 0 Å². The third kappa shape index (κ3) is 1.25. The Bertz CT molecular complexity index is 521. The molecule has 1 heterocycles. The zero-order chi connectivity index (χ0) is 10.3.